The Kier molecular flexibility index (Phi) is 3.73. The van der Waals surface area contributed by atoms with Gasteiger partial charge in [-0.25, -0.2) is 18.7 Å². The van der Waals surface area contributed by atoms with Gasteiger partial charge in [0, 0.05) is 17.8 Å². The van der Waals surface area contributed by atoms with E-state index in [1.807, 2.05) is 6.26 Å². The average Bonchev–Trinajstić information content (AvgIpc) is 2.28. The molecule has 17 heavy (non-hydrogen) atoms. The third kappa shape index (κ3) is 2.81. The summed E-state index contributed by atoms with van der Waals surface area (Å²) in [6.45, 7) is 0. The van der Waals surface area contributed by atoms with Gasteiger partial charge in [0.2, 0.25) is 0 Å². The van der Waals surface area contributed by atoms with E-state index in [1.54, 1.807) is 6.20 Å². The van der Waals surface area contributed by atoms with Gasteiger partial charge in [-0.15, -0.1) is 0 Å². The predicted molar refractivity (Wildman–Crippen MR) is 66.9 cm³/mol. The molecular formula is C11H7BrF2N2S. The quantitative estimate of drug-likeness (QED) is 0.620. The Morgan fingerprint density at radius 3 is 2.41 bits per heavy atom. The Morgan fingerprint density at radius 2 is 1.82 bits per heavy atom. The molecule has 0 atom stereocenters. The van der Waals surface area contributed by atoms with E-state index in [4.69, 9.17) is 0 Å². The summed E-state index contributed by atoms with van der Waals surface area (Å²) in [6.07, 6.45) is 3.40. The zero-order valence-corrected chi connectivity index (χ0v) is 11.1. The molecule has 0 aliphatic heterocycles. The summed E-state index contributed by atoms with van der Waals surface area (Å²) < 4.78 is 26.8. The minimum Gasteiger partial charge on any atom is -0.230 e. The number of halogens is 3. The van der Waals surface area contributed by atoms with Crippen LogP contribution in [-0.2, 0) is 0 Å². The molecule has 0 spiro atoms. The molecule has 0 bridgehead atoms. The van der Waals surface area contributed by atoms with Crippen LogP contribution in [0.5, 0.6) is 0 Å². The Labute approximate surface area is 110 Å². The number of aromatic nitrogens is 2. The molecule has 88 valence electrons. The van der Waals surface area contributed by atoms with E-state index in [0.29, 0.717) is 20.9 Å². The van der Waals surface area contributed by atoms with E-state index in [0.717, 1.165) is 6.07 Å². The maximum atomic E-state index is 13.1. The van der Waals surface area contributed by atoms with E-state index >= 15 is 0 Å². The lowest BCUT2D eigenvalue weighted by Gasteiger charge is -2.05. The number of hydrogen-bond donors (Lipinski definition) is 0. The Bertz CT molecular complexity index is 543. The summed E-state index contributed by atoms with van der Waals surface area (Å²) in [5.74, 6) is -1.26. The SMILES string of the molecule is CSc1ncc(Br)c(-c2cc(F)cc(F)c2)n1. The third-order valence-electron chi connectivity index (χ3n) is 2.04. The monoisotopic (exact) mass is 316 g/mol. The number of rotatable bonds is 2. The highest BCUT2D eigenvalue weighted by atomic mass is 79.9. The first-order chi connectivity index (χ1) is 8.10. The van der Waals surface area contributed by atoms with E-state index in [9.17, 15) is 8.78 Å². The van der Waals surface area contributed by atoms with Gasteiger partial charge >= 0.3 is 0 Å². The largest absolute Gasteiger partial charge is 0.230 e. The average molecular weight is 317 g/mol. The first kappa shape index (κ1) is 12.4. The summed E-state index contributed by atoms with van der Waals surface area (Å²) in [5, 5.41) is 0.549. The van der Waals surface area contributed by atoms with Gasteiger partial charge in [0.05, 0.1) is 10.2 Å². The molecule has 0 saturated carbocycles. The van der Waals surface area contributed by atoms with Gasteiger partial charge < -0.3 is 0 Å². The summed E-state index contributed by atoms with van der Waals surface area (Å²) in [5.41, 5.74) is 0.856. The highest BCUT2D eigenvalue weighted by Crippen LogP contribution is 2.28. The van der Waals surface area contributed by atoms with Crippen molar-refractivity contribution in [2.75, 3.05) is 6.26 Å². The van der Waals surface area contributed by atoms with Crippen molar-refractivity contribution in [1.29, 1.82) is 0 Å². The minimum absolute atomic E-state index is 0.382. The maximum Gasteiger partial charge on any atom is 0.187 e. The van der Waals surface area contributed by atoms with Crippen molar-refractivity contribution < 1.29 is 8.78 Å². The van der Waals surface area contributed by atoms with Crippen LogP contribution in [0.2, 0.25) is 0 Å². The fraction of sp³-hybridized carbons (Fsp3) is 0.0909. The zero-order chi connectivity index (χ0) is 12.4. The minimum atomic E-state index is -0.629. The molecule has 1 aromatic heterocycles. The van der Waals surface area contributed by atoms with Crippen LogP contribution >= 0.6 is 27.7 Å². The number of hydrogen-bond acceptors (Lipinski definition) is 3. The zero-order valence-electron chi connectivity index (χ0n) is 8.75. The van der Waals surface area contributed by atoms with Gasteiger partial charge in [0.15, 0.2) is 5.16 Å². The van der Waals surface area contributed by atoms with E-state index < -0.39 is 11.6 Å². The summed E-state index contributed by atoms with van der Waals surface area (Å²) in [6, 6.07) is 3.30. The van der Waals surface area contributed by atoms with Crippen LogP contribution in [0.25, 0.3) is 11.3 Å². The second-order valence-electron chi connectivity index (χ2n) is 3.21. The van der Waals surface area contributed by atoms with Crippen molar-refractivity contribution in [1.82, 2.24) is 9.97 Å². The second-order valence-corrected chi connectivity index (χ2v) is 4.84. The first-order valence-corrected chi connectivity index (χ1v) is 6.65. The Hall–Kier alpha value is -1.01. The molecule has 0 aliphatic rings. The Morgan fingerprint density at radius 1 is 1.18 bits per heavy atom. The summed E-state index contributed by atoms with van der Waals surface area (Å²) in [4.78, 5) is 8.26. The number of benzene rings is 1. The number of thioether (sulfide) groups is 1. The van der Waals surface area contributed by atoms with E-state index in [1.165, 1.54) is 23.9 Å². The smallest absolute Gasteiger partial charge is 0.187 e. The van der Waals surface area contributed by atoms with Gasteiger partial charge in [-0.2, -0.15) is 0 Å². The molecular weight excluding hydrogens is 310 g/mol. The standard InChI is InChI=1S/C11H7BrF2N2S/c1-17-11-15-5-9(12)10(16-11)6-2-7(13)4-8(14)3-6/h2-5H,1H3. The molecule has 0 unspecified atom stereocenters. The molecule has 0 fully saturated rings. The molecule has 1 heterocycles. The lowest BCUT2D eigenvalue weighted by Crippen LogP contribution is -1.93. The van der Waals surface area contributed by atoms with Gasteiger partial charge in [-0.1, -0.05) is 11.8 Å². The third-order valence-corrected chi connectivity index (χ3v) is 3.18. The van der Waals surface area contributed by atoms with Crippen LogP contribution in [0.15, 0.2) is 34.0 Å². The molecule has 6 heteroatoms. The van der Waals surface area contributed by atoms with Crippen LogP contribution < -0.4 is 0 Å². The van der Waals surface area contributed by atoms with Crippen LogP contribution in [0.3, 0.4) is 0 Å². The highest BCUT2D eigenvalue weighted by molar-refractivity contribution is 9.10. The molecule has 2 rings (SSSR count). The predicted octanol–water partition coefficient (Wildman–Crippen LogP) is 3.91. The molecule has 0 radical (unpaired) electrons. The lowest BCUT2D eigenvalue weighted by molar-refractivity contribution is 0.584. The summed E-state index contributed by atoms with van der Waals surface area (Å²) >= 11 is 4.63. The molecule has 0 amide bonds. The van der Waals surface area contributed by atoms with Crippen LogP contribution in [-0.4, -0.2) is 16.2 Å². The molecule has 2 aromatic rings. The molecule has 0 saturated heterocycles. The van der Waals surface area contributed by atoms with Crippen molar-refractivity contribution in [3.05, 3.63) is 40.5 Å². The lowest BCUT2D eigenvalue weighted by atomic mass is 10.1. The first-order valence-electron chi connectivity index (χ1n) is 4.63. The Balaban J connectivity index is 2.58. The van der Waals surface area contributed by atoms with Crippen molar-refractivity contribution in [3.63, 3.8) is 0 Å². The van der Waals surface area contributed by atoms with Crippen LogP contribution in [0, 0.1) is 11.6 Å². The van der Waals surface area contributed by atoms with Gasteiger partial charge in [0.1, 0.15) is 11.6 Å². The molecule has 2 nitrogen and oxygen atoms in total. The van der Waals surface area contributed by atoms with E-state index in [-0.39, 0.29) is 0 Å². The molecule has 0 N–H and O–H groups in total. The molecule has 0 aliphatic carbocycles. The topological polar surface area (TPSA) is 25.8 Å². The van der Waals surface area contributed by atoms with Gasteiger partial charge in [0.25, 0.3) is 0 Å². The van der Waals surface area contributed by atoms with Crippen molar-refractivity contribution in [2.45, 2.75) is 5.16 Å². The van der Waals surface area contributed by atoms with Crippen molar-refractivity contribution >= 4 is 27.7 Å². The summed E-state index contributed by atoms with van der Waals surface area (Å²) in [7, 11) is 0. The number of nitrogens with zero attached hydrogens (tertiary/aromatic N) is 2. The maximum absolute atomic E-state index is 13.1. The second kappa shape index (κ2) is 5.10. The van der Waals surface area contributed by atoms with Crippen LogP contribution in [0.4, 0.5) is 8.78 Å². The fourth-order valence-electron chi connectivity index (χ4n) is 1.34. The van der Waals surface area contributed by atoms with Crippen molar-refractivity contribution in [2.24, 2.45) is 0 Å². The van der Waals surface area contributed by atoms with Gasteiger partial charge in [-0.05, 0) is 34.3 Å². The van der Waals surface area contributed by atoms with E-state index in [2.05, 4.69) is 25.9 Å². The normalized spacial score (nSPS) is 10.6. The fourth-order valence-corrected chi connectivity index (χ4v) is 2.10. The highest BCUT2D eigenvalue weighted by Gasteiger charge is 2.10. The van der Waals surface area contributed by atoms with Gasteiger partial charge in [-0.3, -0.25) is 0 Å². The van der Waals surface area contributed by atoms with Crippen molar-refractivity contribution in [3.8, 4) is 11.3 Å². The molecule has 1 aromatic carbocycles. The van der Waals surface area contributed by atoms with Crippen LogP contribution in [0.1, 0.15) is 0 Å².